The maximum absolute atomic E-state index is 10.6. The van der Waals surface area contributed by atoms with E-state index in [-0.39, 0.29) is 18.4 Å². The lowest BCUT2D eigenvalue weighted by Crippen LogP contribution is -2.25. The summed E-state index contributed by atoms with van der Waals surface area (Å²) in [6.07, 6.45) is -0.416. The number of nitrogens with one attached hydrogen (secondary N) is 1. The van der Waals surface area contributed by atoms with E-state index in [0.717, 1.165) is 0 Å². The van der Waals surface area contributed by atoms with Crippen molar-refractivity contribution in [3.63, 3.8) is 0 Å². The zero-order valence-electron chi connectivity index (χ0n) is 5.58. The Kier molecular flexibility index (Phi) is 2.24. The van der Waals surface area contributed by atoms with Gasteiger partial charge in [0.05, 0.1) is 12.7 Å². The SMILES string of the molecule is O=C1CC(C(O)CO)CN1. The van der Waals surface area contributed by atoms with Gasteiger partial charge in [-0.05, 0) is 0 Å². The molecule has 1 amide bonds. The first kappa shape index (κ1) is 7.50. The molecule has 2 unspecified atom stereocenters. The van der Waals surface area contributed by atoms with Crippen LogP contribution in [0.5, 0.6) is 0 Å². The van der Waals surface area contributed by atoms with Gasteiger partial charge < -0.3 is 15.5 Å². The van der Waals surface area contributed by atoms with Crippen molar-refractivity contribution in [3.05, 3.63) is 0 Å². The predicted molar refractivity (Wildman–Crippen MR) is 34.2 cm³/mol. The molecule has 1 aliphatic heterocycles. The second-order valence-electron chi connectivity index (χ2n) is 2.52. The van der Waals surface area contributed by atoms with Gasteiger partial charge in [-0.25, -0.2) is 0 Å². The predicted octanol–water partition coefficient (Wildman–Crippen LogP) is -1.52. The van der Waals surface area contributed by atoms with Crippen molar-refractivity contribution in [1.29, 1.82) is 0 Å². The van der Waals surface area contributed by atoms with E-state index in [4.69, 9.17) is 10.2 Å². The van der Waals surface area contributed by atoms with E-state index in [1.165, 1.54) is 0 Å². The molecule has 0 saturated carbocycles. The molecule has 4 nitrogen and oxygen atoms in total. The molecule has 2 atom stereocenters. The molecule has 4 heteroatoms. The zero-order valence-corrected chi connectivity index (χ0v) is 5.58. The molecular weight excluding hydrogens is 134 g/mol. The van der Waals surface area contributed by atoms with Crippen molar-refractivity contribution in [2.45, 2.75) is 12.5 Å². The van der Waals surface area contributed by atoms with Crippen LogP contribution in [0.4, 0.5) is 0 Å². The topological polar surface area (TPSA) is 69.6 Å². The second kappa shape index (κ2) is 2.98. The van der Waals surface area contributed by atoms with Crippen LogP contribution in [0.2, 0.25) is 0 Å². The van der Waals surface area contributed by atoms with Crippen molar-refractivity contribution < 1.29 is 15.0 Å². The number of aliphatic hydroxyl groups is 2. The van der Waals surface area contributed by atoms with E-state index in [9.17, 15) is 4.79 Å². The fraction of sp³-hybridized carbons (Fsp3) is 0.833. The highest BCUT2D eigenvalue weighted by molar-refractivity contribution is 5.78. The first-order valence-corrected chi connectivity index (χ1v) is 3.29. The van der Waals surface area contributed by atoms with Gasteiger partial charge in [-0.3, -0.25) is 4.79 Å². The highest BCUT2D eigenvalue weighted by Crippen LogP contribution is 2.12. The lowest BCUT2D eigenvalue weighted by Gasteiger charge is -2.11. The van der Waals surface area contributed by atoms with Gasteiger partial charge >= 0.3 is 0 Å². The number of aliphatic hydroxyl groups excluding tert-OH is 2. The molecule has 0 aromatic heterocycles. The molecule has 1 rings (SSSR count). The average molecular weight is 145 g/mol. The third kappa shape index (κ3) is 1.46. The summed E-state index contributed by atoms with van der Waals surface area (Å²) in [6, 6.07) is 0. The Morgan fingerprint density at radius 2 is 2.50 bits per heavy atom. The quantitative estimate of drug-likeness (QED) is 0.442. The largest absolute Gasteiger partial charge is 0.394 e. The molecule has 0 aromatic carbocycles. The lowest BCUT2D eigenvalue weighted by molar-refractivity contribution is -0.119. The molecule has 1 saturated heterocycles. The van der Waals surface area contributed by atoms with Crippen molar-refractivity contribution in [1.82, 2.24) is 5.32 Å². The molecule has 0 aromatic rings. The maximum Gasteiger partial charge on any atom is 0.220 e. The van der Waals surface area contributed by atoms with E-state index in [2.05, 4.69) is 5.32 Å². The number of carbonyl (C=O) groups is 1. The van der Waals surface area contributed by atoms with Crippen LogP contribution in [0.1, 0.15) is 6.42 Å². The summed E-state index contributed by atoms with van der Waals surface area (Å²) in [4.78, 5) is 10.6. The van der Waals surface area contributed by atoms with E-state index in [0.29, 0.717) is 13.0 Å². The van der Waals surface area contributed by atoms with Crippen LogP contribution in [0.25, 0.3) is 0 Å². The summed E-state index contributed by atoms with van der Waals surface area (Å²) in [7, 11) is 0. The number of rotatable bonds is 2. The monoisotopic (exact) mass is 145 g/mol. The van der Waals surface area contributed by atoms with E-state index < -0.39 is 6.10 Å². The first-order valence-electron chi connectivity index (χ1n) is 3.29. The summed E-state index contributed by atoms with van der Waals surface area (Å²) in [6.45, 7) is 0.222. The molecule has 10 heavy (non-hydrogen) atoms. The third-order valence-corrected chi connectivity index (χ3v) is 1.74. The van der Waals surface area contributed by atoms with Crippen LogP contribution in [-0.4, -0.2) is 35.4 Å². The summed E-state index contributed by atoms with van der Waals surface area (Å²) in [5, 5.41) is 20.1. The van der Waals surface area contributed by atoms with Crippen molar-refractivity contribution >= 4 is 5.91 Å². The molecule has 0 spiro atoms. The van der Waals surface area contributed by atoms with Crippen LogP contribution in [0.15, 0.2) is 0 Å². The fourth-order valence-corrected chi connectivity index (χ4v) is 1.05. The van der Waals surface area contributed by atoms with Gasteiger partial charge in [0.1, 0.15) is 0 Å². The van der Waals surface area contributed by atoms with Gasteiger partial charge in [0.2, 0.25) is 5.91 Å². The van der Waals surface area contributed by atoms with Crippen LogP contribution in [0.3, 0.4) is 0 Å². The lowest BCUT2D eigenvalue weighted by atomic mass is 10.0. The molecule has 1 fully saturated rings. The number of carbonyl (C=O) groups excluding carboxylic acids is 1. The minimum absolute atomic E-state index is 0.0440. The Hall–Kier alpha value is -0.610. The van der Waals surface area contributed by atoms with Crippen molar-refractivity contribution in [3.8, 4) is 0 Å². The number of hydrogen-bond donors (Lipinski definition) is 3. The van der Waals surface area contributed by atoms with Crippen LogP contribution >= 0.6 is 0 Å². The molecule has 0 aliphatic carbocycles. The summed E-state index contributed by atoms with van der Waals surface area (Å²) >= 11 is 0. The maximum atomic E-state index is 10.6. The molecule has 58 valence electrons. The van der Waals surface area contributed by atoms with Gasteiger partial charge in [0.15, 0.2) is 0 Å². The standard InChI is InChI=1S/C6H11NO3/c8-3-5(9)4-1-6(10)7-2-4/h4-5,8-9H,1-3H2,(H,7,10). The van der Waals surface area contributed by atoms with Crippen molar-refractivity contribution in [2.75, 3.05) is 13.2 Å². The van der Waals surface area contributed by atoms with Gasteiger partial charge in [-0.1, -0.05) is 0 Å². The number of amides is 1. The summed E-state index contributed by atoms with van der Waals surface area (Å²) in [5.41, 5.74) is 0. The highest BCUT2D eigenvalue weighted by Gasteiger charge is 2.27. The molecule has 0 radical (unpaired) electrons. The van der Waals surface area contributed by atoms with Gasteiger partial charge in [0.25, 0.3) is 0 Å². The summed E-state index contributed by atoms with van der Waals surface area (Å²) in [5.74, 6) is -0.144. The molecule has 1 heterocycles. The van der Waals surface area contributed by atoms with Gasteiger partial charge in [-0.2, -0.15) is 0 Å². The Morgan fingerprint density at radius 3 is 2.90 bits per heavy atom. The zero-order chi connectivity index (χ0) is 7.56. The van der Waals surface area contributed by atoms with Crippen molar-refractivity contribution in [2.24, 2.45) is 5.92 Å². The third-order valence-electron chi connectivity index (χ3n) is 1.74. The minimum Gasteiger partial charge on any atom is -0.394 e. The number of hydrogen-bond acceptors (Lipinski definition) is 3. The molecule has 3 N–H and O–H groups in total. The van der Waals surface area contributed by atoms with Crippen LogP contribution in [0, 0.1) is 5.92 Å². The highest BCUT2D eigenvalue weighted by atomic mass is 16.3. The second-order valence-corrected chi connectivity index (χ2v) is 2.52. The van der Waals surface area contributed by atoms with Gasteiger partial charge in [-0.15, -0.1) is 0 Å². The molecule has 0 bridgehead atoms. The minimum atomic E-state index is -0.751. The fourth-order valence-electron chi connectivity index (χ4n) is 1.05. The van der Waals surface area contributed by atoms with E-state index >= 15 is 0 Å². The molecule has 1 aliphatic rings. The molecular formula is C6H11NO3. The van der Waals surface area contributed by atoms with Gasteiger partial charge in [0, 0.05) is 18.9 Å². The average Bonchev–Trinajstić information content (AvgIpc) is 2.34. The Labute approximate surface area is 58.9 Å². The smallest absolute Gasteiger partial charge is 0.220 e. The normalized spacial score (nSPS) is 28.2. The van der Waals surface area contributed by atoms with Crippen LogP contribution in [-0.2, 0) is 4.79 Å². The Balaban J connectivity index is 2.36. The van der Waals surface area contributed by atoms with E-state index in [1.807, 2.05) is 0 Å². The first-order chi connectivity index (χ1) is 4.74. The van der Waals surface area contributed by atoms with Crippen LogP contribution < -0.4 is 5.32 Å². The summed E-state index contributed by atoms with van der Waals surface area (Å²) < 4.78 is 0. The Morgan fingerprint density at radius 1 is 1.80 bits per heavy atom. The Bertz CT molecular complexity index is 137. The van der Waals surface area contributed by atoms with E-state index in [1.54, 1.807) is 0 Å².